The standard InChI is InChI=1S/C13H15Br2NO3/c1-4-19-13(18)9-5-8(14)6-10(15)11(9)16-12(17)7(2)3/h5-7H,4H2,1-3H3,(H,16,17). The summed E-state index contributed by atoms with van der Waals surface area (Å²) in [6.07, 6.45) is 0. The molecule has 0 unspecified atom stereocenters. The lowest BCUT2D eigenvalue weighted by Gasteiger charge is -2.14. The summed E-state index contributed by atoms with van der Waals surface area (Å²) in [4.78, 5) is 23.7. The Hall–Kier alpha value is -0.880. The first-order valence-corrected chi connectivity index (χ1v) is 7.42. The zero-order valence-electron chi connectivity index (χ0n) is 10.9. The Balaban J connectivity index is 3.20. The van der Waals surface area contributed by atoms with Crippen molar-refractivity contribution >= 4 is 49.4 Å². The predicted octanol–water partition coefficient (Wildman–Crippen LogP) is 3.98. The van der Waals surface area contributed by atoms with Gasteiger partial charge in [-0.2, -0.15) is 0 Å². The van der Waals surface area contributed by atoms with E-state index in [1.165, 1.54) is 0 Å². The third kappa shape index (κ3) is 4.31. The van der Waals surface area contributed by atoms with Gasteiger partial charge in [-0.15, -0.1) is 0 Å². The maximum atomic E-state index is 11.9. The smallest absolute Gasteiger partial charge is 0.340 e. The summed E-state index contributed by atoms with van der Waals surface area (Å²) in [6.45, 7) is 5.58. The van der Waals surface area contributed by atoms with Gasteiger partial charge in [0.15, 0.2) is 0 Å². The van der Waals surface area contributed by atoms with Crippen LogP contribution in [0.4, 0.5) is 5.69 Å². The molecule has 1 amide bonds. The summed E-state index contributed by atoms with van der Waals surface area (Å²) in [6, 6.07) is 3.39. The van der Waals surface area contributed by atoms with Crippen LogP contribution in [0.5, 0.6) is 0 Å². The SMILES string of the molecule is CCOC(=O)c1cc(Br)cc(Br)c1NC(=O)C(C)C. The first-order chi connectivity index (χ1) is 8.86. The van der Waals surface area contributed by atoms with E-state index in [1.807, 2.05) is 0 Å². The van der Waals surface area contributed by atoms with E-state index in [4.69, 9.17) is 4.74 Å². The zero-order chi connectivity index (χ0) is 14.6. The molecule has 19 heavy (non-hydrogen) atoms. The van der Waals surface area contributed by atoms with Gasteiger partial charge in [-0.25, -0.2) is 4.79 Å². The molecule has 0 saturated heterocycles. The van der Waals surface area contributed by atoms with E-state index in [2.05, 4.69) is 37.2 Å². The second-order valence-electron chi connectivity index (χ2n) is 4.17. The number of amides is 1. The molecule has 0 aliphatic heterocycles. The fraction of sp³-hybridized carbons (Fsp3) is 0.385. The van der Waals surface area contributed by atoms with Crippen LogP contribution in [0.1, 0.15) is 31.1 Å². The van der Waals surface area contributed by atoms with E-state index in [9.17, 15) is 9.59 Å². The molecule has 0 saturated carbocycles. The third-order valence-corrected chi connectivity index (χ3v) is 3.41. The molecule has 104 valence electrons. The maximum Gasteiger partial charge on any atom is 0.340 e. The molecule has 0 heterocycles. The number of rotatable bonds is 4. The molecule has 1 rings (SSSR count). The van der Waals surface area contributed by atoms with Gasteiger partial charge in [-0.3, -0.25) is 4.79 Å². The quantitative estimate of drug-likeness (QED) is 0.788. The van der Waals surface area contributed by atoms with E-state index >= 15 is 0 Å². The van der Waals surface area contributed by atoms with Crippen molar-refractivity contribution in [2.75, 3.05) is 11.9 Å². The molecule has 0 bridgehead atoms. The van der Waals surface area contributed by atoms with Crippen molar-refractivity contribution in [1.82, 2.24) is 0 Å². The Morgan fingerprint density at radius 1 is 1.32 bits per heavy atom. The van der Waals surface area contributed by atoms with E-state index in [1.54, 1.807) is 32.9 Å². The Labute approximate surface area is 129 Å². The predicted molar refractivity (Wildman–Crippen MR) is 81.3 cm³/mol. The molecule has 1 N–H and O–H groups in total. The minimum Gasteiger partial charge on any atom is -0.462 e. The Morgan fingerprint density at radius 3 is 2.47 bits per heavy atom. The number of halogens is 2. The second kappa shape index (κ2) is 7.05. The van der Waals surface area contributed by atoms with Gasteiger partial charge in [0.25, 0.3) is 0 Å². The number of benzene rings is 1. The van der Waals surface area contributed by atoms with Gasteiger partial charge in [0.2, 0.25) is 5.91 Å². The molecule has 0 aliphatic rings. The van der Waals surface area contributed by atoms with Crippen molar-refractivity contribution in [1.29, 1.82) is 0 Å². The minimum absolute atomic E-state index is 0.159. The number of esters is 1. The lowest BCUT2D eigenvalue weighted by Crippen LogP contribution is -2.20. The fourth-order valence-corrected chi connectivity index (χ4v) is 2.66. The molecule has 0 radical (unpaired) electrons. The van der Waals surface area contributed by atoms with Crippen LogP contribution < -0.4 is 5.32 Å². The average Bonchev–Trinajstić information content (AvgIpc) is 2.32. The maximum absolute atomic E-state index is 11.9. The number of hydrogen-bond donors (Lipinski definition) is 1. The van der Waals surface area contributed by atoms with Gasteiger partial charge in [0, 0.05) is 14.9 Å². The van der Waals surface area contributed by atoms with Crippen molar-refractivity contribution < 1.29 is 14.3 Å². The van der Waals surface area contributed by atoms with Gasteiger partial charge in [-0.05, 0) is 35.0 Å². The van der Waals surface area contributed by atoms with E-state index < -0.39 is 5.97 Å². The lowest BCUT2D eigenvalue weighted by molar-refractivity contribution is -0.118. The molecule has 0 aromatic heterocycles. The van der Waals surface area contributed by atoms with Crippen LogP contribution in [0, 0.1) is 5.92 Å². The van der Waals surface area contributed by atoms with Crippen molar-refractivity contribution in [2.24, 2.45) is 5.92 Å². The first kappa shape index (κ1) is 16.2. The highest BCUT2D eigenvalue weighted by Crippen LogP contribution is 2.31. The topological polar surface area (TPSA) is 55.4 Å². The van der Waals surface area contributed by atoms with E-state index in [0.29, 0.717) is 15.7 Å². The first-order valence-electron chi connectivity index (χ1n) is 5.83. The molecular weight excluding hydrogens is 378 g/mol. The number of carbonyl (C=O) groups excluding carboxylic acids is 2. The van der Waals surface area contributed by atoms with Gasteiger partial charge in [0.05, 0.1) is 17.9 Å². The van der Waals surface area contributed by atoms with Gasteiger partial charge in [0.1, 0.15) is 0 Å². The summed E-state index contributed by atoms with van der Waals surface area (Å²) in [7, 11) is 0. The molecule has 0 atom stereocenters. The van der Waals surface area contributed by atoms with Crippen molar-refractivity contribution in [2.45, 2.75) is 20.8 Å². The van der Waals surface area contributed by atoms with Crippen molar-refractivity contribution in [3.63, 3.8) is 0 Å². The number of carbonyl (C=O) groups is 2. The molecule has 0 spiro atoms. The van der Waals surface area contributed by atoms with E-state index in [-0.39, 0.29) is 18.4 Å². The minimum atomic E-state index is -0.469. The molecule has 1 aromatic carbocycles. The number of hydrogen-bond acceptors (Lipinski definition) is 3. The summed E-state index contributed by atoms with van der Waals surface area (Å²) >= 11 is 6.65. The van der Waals surface area contributed by atoms with Crippen LogP contribution in [-0.4, -0.2) is 18.5 Å². The van der Waals surface area contributed by atoms with Crippen molar-refractivity contribution in [3.05, 3.63) is 26.6 Å². The number of anilines is 1. The second-order valence-corrected chi connectivity index (χ2v) is 5.94. The highest BCUT2D eigenvalue weighted by Gasteiger charge is 2.19. The Kier molecular flexibility index (Phi) is 6.00. The lowest BCUT2D eigenvalue weighted by atomic mass is 10.1. The Bertz CT molecular complexity index is 501. The monoisotopic (exact) mass is 391 g/mol. The van der Waals surface area contributed by atoms with Crippen LogP contribution in [0.25, 0.3) is 0 Å². The zero-order valence-corrected chi connectivity index (χ0v) is 14.1. The summed E-state index contributed by atoms with van der Waals surface area (Å²) in [5.41, 5.74) is 0.748. The average molecular weight is 393 g/mol. The van der Waals surface area contributed by atoms with Crippen LogP contribution >= 0.6 is 31.9 Å². The van der Waals surface area contributed by atoms with Crippen LogP contribution in [0.2, 0.25) is 0 Å². The fourth-order valence-electron chi connectivity index (χ4n) is 1.34. The van der Waals surface area contributed by atoms with Gasteiger partial charge < -0.3 is 10.1 Å². The molecule has 6 heteroatoms. The molecular formula is C13H15Br2NO3. The third-order valence-electron chi connectivity index (χ3n) is 2.32. The Morgan fingerprint density at radius 2 is 1.95 bits per heavy atom. The summed E-state index contributed by atoms with van der Waals surface area (Å²) in [5, 5.41) is 2.74. The van der Waals surface area contributed by atoms with Gasteiger partial charge in [-0.1, -0.05) is 29.8 Å². The van der Waals surface area contributed by atoms with Crippen molar-refractivity contribution in [3.8, 4) is 0 Å². The summed E-state index contributed by atoms with van der Waals surface area (Å²) < 4.78 is 6.34. The largest absolute Gasteiger partial charge is 0.462 e. The van der Waals surface area contributed by atoms with Crippen LogP contribution in [0.3, 0.4) is 0 Å². The highest BCUT2D eigenvalue weighted by atomic mass is 79.9. The molecule has 0 aliphatic carbocycles. The molecule has 0 fully saturated rings. The number of ether oxygens (including phenoxy) is 1. The molecule has 4 nitrogen and oxygen atoms in total. The highest BCUT2D eigenvalue weighted by molar-refractivity contribution is 9.11. The molecule has 1 aromatic rings. The summed E-state index contributed by atoms with van der Waals surface area (Å²) in [5.74, 6) is -0.803. The normalized spacial score (nSPS) is 10.4. The van der Waals surface area contributed by atoms with Crippen LogP contribution in [0.15, 0.2) is 21.1 Å². The van der Waals surface area contributed by atoms with Crippen LogP contribution in [-0.2, 0) is 9.53 Å². The van der Waals surface area contributed by atoms with E-state index in [0.717, 1.165) is 4.47 Å². The number of nitrogens with one attached hydrogen (secondary N) is 1. The van der Waals surface area contributed by atoms with Gasteiger partial charge >= 0.3 is 5.97 Å².